The number of aryl methyl sites for hydroxylation is 1. The van der Waals surface area contributed by atoms with Gasteiger partial charge in [0.25, 0.3) is 0 Å². The van der Waals surface area contributed by atoms with E-state index in [0.29, 0.717) is 0 Å². The molecule has 0 aliphatic heterocycles. The predicted molar refractivity (Wildman–Crippen MR) is 70.0 cm³/mol. The molecule has 0 fully saturated rings. The van der Waals surface area contributed by atoms with E-state index in [1.54, 1.807) is 6.07 Å². The number of nitrogens with two attached hydrogens (primary N) is 1. The molecule has 0 aliphatic carbocycles. The number of ketones is 1. The summed E-state index contributed by atoms with van der Waals surface area (Å²) in [5, 5.41) is 0. The fourth-order valence-corrected chi connectivity index (χ4v) is 1.88. The quantitative estimate of drug-likeness (QED) is 0.664. The van der Waals surface area contributed by atoms with E-state index in [9.17, 15) is 9.18 Å². The van der Waals surface area contributed by atoms with Gasteiger partial charge in [0.2, 0.25) is 0 Å². The molecule has 2 aromatic carbocycles. The first-order chi connectivity index (χ1) is 8.58. The smallest absolute Gasteiger partial charge is 0.169 e. The van der Waals surface area contributed by atoms with Crippen LogP contribution in [0.3, 0.4) is 0 Å². The lowest BCUT2D eigenvalue weighted by Crippen LogP contribution is -2.08. The summed E-state index contributed by atoms with van der Waals surface area (Å²) in [6.07, 6.45) is 0.231. The van der Waals surface area contributed by atoms with Crippen LogP contribution in [0.5, 0.6) is 0 Å². The molecular formula is C15H14FNO. The fourth-order valence-electron chi connectivity index (χ4n) is 1.88. The third-order valence-electron chi connectivity index (χ3n) is 2.80. The van der Waals surface area contributed by atoms with E-state index in [4.69, 9.17) is 5.73 Å². The van der Waals surface area contributed by atoms with Gasteiger partial charge < -0.3 is 5.73 Å². The minimum atomic E-state index is -0.551. The first kappa shape index (κ1) is 12.3. The minimum Gasteiger partial charge on any atom is -0.396 e. The van der Waals surface area contributed by atoms with E-state index in [1.807, 2.05) is 31.2 Å². The molecule has 2 rings (SSSR count). The third kappa shape index (κ3) is 2.56. The molecule has 0 aromatic heterocycles. The van der Waals surface area contributed by atoms with Crippen molar-refractivity contribution in [2.24, 2.45) is 0 Å². The maximum absolute atomic E-state index is 13.3. The number of hydrogen-bond donors (Lipinski definition) is 1. The summed E-state index contributed by atoms with van der Waals surface area (Å²) in [7, 11) is 0. The normalized spacial score (nSPS) is 10.3. The Hall–Kier alpha value is -2.16. The second kappa shape index (κ2) is 5.00. The molecule has 0 saturated heterocycles. The number of para-hydroxylation sites is 1. The van der Waals surface area contributed by atoms with E-state index >= 15 is 0 Å². The summed E-state index contributed by atoms with van der Waals surface area (Å²) in [5.41, 5.74) is 7.74. The van der Waals surface area contributed by atoms with E-state index < -0.39 is 5.82 Å². The Morgan fingerprint density at radius 1 is 1.22 bits per heavy atom. The zero-order chi connectivity index (χ0) is 13.1. The maximum atomic E-state index is 13.3. The Balaban J connectivity index is 2.25. The number of anilines is 1. The summed E-state index contributed by atoms with van der Waals surface area (Å²) in [5.74, 6) is -0.720. The molecule has 0 saturated carbocycles. The summed E-state index contributed by atoms with van der Waals surface area (Å²) < 4.78 is 13.3. The highest BCUT2D eigenvalue weighted by Crippen LogP contribution is 2.18. The van der Waals surface area contributed by atoms with Crippen molar-refractivity contribution in [3.05, 3.63) is 65.0 Å². The summed E-state index contributed by atoms with van der Waals surface area (Å²) in [6.45, 7) is 1.96. The van der Waals surface area contributed by atoms with Gasteiger partial charge in [0.05, 0.1) is 5.69 Å². The molecule has 0 atom stereocenters. The van der Waals surface area contributed by atoms with Gasteiger partial charge >= 0.3 is 0 Å². The van der Waals surface area contributed by atoms with Crippen molar-refractivity contribution in [2.75, 3.05) is 5.73 Å². The molecule has 0 unspecified atom stereocenters. The Bertz CT molecular complexity index is 593. The van der Waals surface area contributed by atoms with E-state index in [0.717, 1.165) is 11.1 Å². The van der Waals surface area contributed by atoms with Crippen LogP contribution in [0, 0.1) is 12.7 Å². The van der Waals surface area contributed by atoms with Gasteiger partial charge in [-0.1, -0.05) is 35.9 Å². The highest BCUT2D eigenvalue weighted by Gasteiger charge is 2.13. The number of halogens is 1. The molecule has 0 heterocycles. The first-order valence-electron chi connectivity index (χ1n) is 5.70. The lowest BCUT2D eigenvalue weighted by atomic mass is 10.0. The summed E-state index contributed by atoms with van der Waals surface area (Å²) in [4.78, 5) is 12.1. The average Bonchev–Trinajstić information content (AvgIpc) is 2.32. The van der Waals surface area contributed by atoms with Gasteiger partial charge in [0, 0.05) is 12.0 Å². The van der Waals surface area contributed by atoms with Crippen LogP contribution in [0.2, 0.25) is 0 Å². The second-order valence-corrected chi connectivity index (χ2v) is 4.29. The molecular weight excluding hydrogens is 229 g/mol. The van der Waals surface area contributed by atoms with Crippen LogP contribution in [0.1, 0.15) is 21.5 Å². The Morgan fingerprint density at radius 2 is 1.94 bits per heavy atom. The zero-order valence-corrected chi connectivity index (χ0v) is 10.1. The molecule has 0 spiro atoms. The van der Waals surface area contributed by atoms with Crippen molar-refractivity contribution in [3.8, 4) is 0 Å². The topological polar surface area (TPSA) is 43.1 Å². The second-order valence-electron chi connectivity index (χ2n) is 4.29. The van der Waals surface area contributed by atoms with Gasteiger partial charge in [0.15, 0.2) is 5.78 Å². The number of rotatable bonds is 3. The number of hydrogen-bond acceptors (Lipinski definition) is 2. The van der Waals surface area contributed by atoms with Crippen molar-refractivity contribution in [1.82, 2.24) is 0 Å². The molecule has 0 bridgehead atoms. The Kier molecular flexibility index (Phi) is 3.42. The molecule has 0 radical (unpaired) electrons. The SMILES string of the molecule is Cc1cccc(CC(=O)c2cccc(F)c2N)c1. The number of benzene rings is 2. The molecule has 2 aromatic rings. The van der Waals surface area contributed by atoms with Gasteiger partial charge in [0.1, 0.15) is 5.82 Å². The third-order valence-corrected chi connectivity index (χ3v) is 2.80. The monoisotopic (exact) mass is 243 g/mol. The predicted octanol–water partition coefficient (Wildman–Crippen LogP) is 3.14. The van der Waals surface area contributed by atoms with Crippen molar-refractivity contribution >= 4 is 11.5 Å². The lowest BCUT2D eigenvalue weighted by molar-refractivity contribution is 0.0993. The number of carbonyl (C=O) groups excluding carboxylic acids is 1. The van der Waals surface area contributed by atoms with Crippen LogP contribution < -0.4 is 5.73 Å². The Morgan fingerprint density at radius 3 is 2.67 bits per heavy atom. The maximum Gasteiger partial charge on any atom is 0.169 e. The van der Waals surface area contributed by atoms with Crippen LogP contribution in [-0.2, 0) is 6.42 Å². The average molecular weight is 243 g/mol. The standard InChI is InChI=1S/C15H14FNO/c1-10-4-2-5-11(8-10)9-14(18)12-6-3-7-13(16)15(12)17/h2-8H,9,17H2,1H3. The van der Waals surface area contributed by atoms with E-state index in [1.165, 1.54) is 12.1 Å². The van der Waals surface area contributed by atoms with E-state index in [-0.39, 0.29) is 23.5 Å². The lowest BCUT2D eigenvalue weighted by Gasteiger charge is -2.06. The number of nitrogen functional groups attached to an aromatic ring is 1. The minimum absolute atomic E-state index is 0.0739. The molecule has 2 N–H and O–H groups in total. The van der Waals surface area contributed by atoms with Crippen LogP contribution in [0.15, 0.2) is 42.5 Å². The zero-order valence-electron chi connectivity index (χ0n) is 10.1. The largest absolute Gasteiger partial charge is 0.396 e. The summed E-state index contributed by atoms with van der Waals surface area (Å²) >= 11 is 0. The van der Waals surface area contributed by atoms with Crippen LogP contribution in [0.4, 0.5) is 10.1 Å². The molecule has 18 heavy (non-hydrogen) atoms. The van der Waals surface area contributed by atoms with Gasteiger partial charge in [-0.2, -0.15) is 0 Å². The van der Waals surface area contributed by atoms with Crippen LogP contribution in [0.25, 0.3) is 0 Å². The highest BCUT2D eigenvalue weighted by molar-refractivity contribution is 6.01. The molecule has 3 heteroatoms. The molecule has 0 amide bonds. The van der Waals surface area contributed by atoms with Crippen molar-refractivity contribution in [1.29, 1.82) is 0 Å². The van der Waals surface area contributed by atoms with Crippen molar-refractivity contribution < 1.29 is 9.18 Å². The highest BCUT2D eigenvalue weighted by atomic mass is 19.1. The van der Waals surface area contributed by atoms with E-state index in [2.05, 4.69) is 0 Å². The first-order valence-corrected chi connectivity index (χ1v) is 5.70. The van der Waals surface area contributed by atoms with Crippen LogP contribution >= 0.6 is 0 Å². The van der Waals surface area contributed by atoms with Gasteiger partial charge in [-0.15, -0.1) is 0 Å². The molecule has 92 valence electrons. The summed E-state index contributed by atoms with van der Waals surface area (Å²) in [6, 6.07) is 12.0. The number of carbonyl (C=O) groups is 1. The van der Waals surface area contributed by atoms with Crippen LogP contribution in [-0.4, -0.2) is 5.78 Å². The fraction of sp³-hybridized carbons (Fsp3) is 0.133. The van der Waals surface area contributed by atoms with Crippen molar-refractivity contribution in [3.63, 3.8) is 0 Å². The van der Waals surface area contributed by atoms with Gasteiger partial charge in [-0.05, 0) is 24.6 Å². The molecule has 2 nitrogen and oxygen atoms in total. The number of Topliss-reactive ketones (excluding diaryl/α,β-unsaturated/α-hetero) is 1. The molecule has 0 aliphatic rings. The Labute approximate surface area is 105 Å². The van der Waals surface area contributed by atoms with Gasteiger partial charge in [-0.3, -0.25) is 4.79 Å². The van der Waals surface area contributed by atoms with Crippen molar-refractivity contribution in [2.45, 2.75) is 13.3 Å². The van der Waals surface area contributed by atoms with Gasteiger partial charge in [-0.25, -0.2) is 4.39 Å².